The lowest BCUT2D eigenvalue weighted by Crippen LogP contribution is -2.37. The Kier molecular flexibility index (Phi) is 1.42. The van der Waals surface area contributed by atoms with Gasteiger partial charge in [0, 0.05) is 6.04 Å². The third kappa shape index (κ3) is 1.13. The Morgan fingerprint density at radius 2 is 2.00 bits per heavy atom. The van der Waals surface area contributed by atoms with Crippen molar-refractivity contribution in [1.82, 2.24) is 0 Å². The van der Waals surface area contributed by atoms with Crippen LogP contribution < -0.4 is 5.73 Å². The minimum Gasteiger partial charge on any atom is -0.481 e. The predicted molar refractivity (Wildman–Crippen MR) is 39.9 cm³/mol. The number of carboxylic acid groups (broad SMARTS) is 1. The first-order valence-corrected chi connectivity index (χ1v) is 4.17. The molecule has 0 saturated heterocycles. The molecule has 0 heterocycles. The molecule has 0 spiro atoms. The molecule has 1 unspecified atom stereocenters. The summed E-state index contributed by atoms with van der Waals surface area (Å²) in [4.78, 5) is 10.5. The van der Waals surface area contributed by atoms with Crippen LogP contribution in [0.1, 0.15) is 19.3 Å². The number of hydrogen-bond donors (Lipinski definition) is 2. The zero-order chi connectivity index (χ0) is 8.01. The lowest BCUT2D eigenvalue weighted by atomic mass is 9.77. The summed E-state index contributed by atoms with van der Waals surface area (Å²) in [6, 6.07) is 0.357. The highest BCUT2D eigenvalue weighted by Gasteiger charge is 2.50. The standard InChI is InChI=1S/C8H13NO2/c9-5-1-4(2-5)6-3-7(6)8(10)11/h4-7H,1-3,9H2,(H,10,11)/t4?,5?,6?,7-/m1/s1. The van der Waals surface area contributed by atoms with E-state index in [4.69, 9.17) is 10.8 Å². The second kappa shape index (κ2) is 2.21. The van der Waals surface area contributed by atoms with Gasteiger partial charge >= 0.3 is 5.97 Å². The van der Waals surface area contributed by atoms with Crippen LogP contribution in [0, 0.1) is 17.8 Å². The molecule has 0 aliphatic heterocycles. The number of aliphatic carboxylic acids is 1. The van der Waals surface area contributed by atoms with Gasteiger partial charge in [-0.2, -0.15) is 0 Å². The average Bonchev–Trinajstić information content (AvgIpc) is 2.58. The minimum absolute atomic E-state index is 0.0347. The maximum absolute atomic E-state index is 10.5. The van der Waals surface area contributed by atoms with Crippen molar-refractivity contribution in [3.63, 3.8) is 0 Å². The van der Waals surface area contributed by atoms with Crippen LogP contribution in [0.4, 0.5) is 0 Å². The van der Waals surface area contributed by atoms with Crippen LogP contribution in [-0.2, 0) is 4.79 Å². The Morgan fingerprint density at radius 1 is 1.36 bits per heavy atom. The highest BCUT2D eigenvalue weighted by atomic mass is 16.4. The van der Waals surface area contributed by atoms with Gasteiger partial charge in [-0.05, 0) is 31.1 Å². The molecule has 2 atom stereocenters. The summed E-state index contributed by atoms with van der Waals surface area (Å²) in [5.74, 6) is 0.446. The van der Waals surface area contributed by atoms with Crippen molar-refractivity contribution in [3.05, 3.63) is 0 Å². The third-order valence-electron chi connectivity index (χ3n) is 2.97. The monoisotopic (exact) mass is 155 g/mol. The Bertz CT molecular complexity index is 187. The van der Waals surface area contributed by atoms with Gasteiger partial charge in [0.15, 0.2) is 0 Å². The number of carboxylic acids is 1. The van der Waals surface area contributed by atoms with E-state index in [2.05, 4.69) is 0 Å². The van der Waals surface area contributed by atoms with Crippen molar-refractivity contribution in [2.75, 3.05) is 0 Å². The number of rotatable bonds is 2. The summed E-state index contributed by atoms with van der Waals surface area (Å²) in [5.41, 5.74) is 5.61. The van der Waals surface area contributed by atoms with Crippen molar-refractivity contribution >= 4 is 5.97 Å². The Morgan fingerprint density at radius 3 is 2.36 bits per heavy atom. The first-order valence-electron chi connectivity index (χ1n) is 4.17. The molecule has 3 heteroatoms. The van der Waals surface area contributed by atoms with Gasteiger partial charge in [0.1, 0.15) is 0 Å². The van der Waals surface area contributed by atoms with Crippen LogP contribution in [0.2, 0.25) is 0 Å². The van der Waals surface area contributed by atoms with Gasteiger partial charge in [-0.15, -0.1) is 0 Å². The molecule has 2 aliphatic carbocycles. The highest BCUT2D eigenvalue weighted by Crippen LogP contribution is 2.51. The fraction of sp³-hybridized carbons (Fsp3) is 0.875. The van der Waals surface area contributed by atoms with Crippen LogP contribution in [0.3, 0.4) is 0 Å². The SMILES string of the molecule is NC1CC(C2C[C@H]2C(=O)O)C1. The first kappa shape index (κ1) is 7.10. The molecule has 3 nitrogen and oxygen atoms in total. The summed E-state index contributed by atoms with van der Waals surface area (Å²) >= 11 is 0. The molecular formula is C8H13NO2. The minimum atomic E-state index is -0.615. The largest absolute Gasteiger partial charge is 0.481 e. The van der Waals surface area contributed by atoms with E-state index >= 15 is 0 Å². The zero-order valence-corrected chi connectivity index (χ0v) is 6.36. The molecule has 0 amide bonds. The normalized spacial score (nSPS) is 48.1. The van der Waals surface area contributed by atoms with Crippen molar-refractivity contribution in [2.24, 2.45) is 23.5 Å². The molecule has 11 heavy (non-hydrogen) atoms. The lowest BCUT2D eigenvalue weighted by molar-refractivity contribution is -0.139. The van der Waals surface area contributed by atoms with Crippen LogP contribution in [0.5, 0.6) is 0 Å². The molecule has 3 N–H and O–H groups in total. The average molecular weight is 155 g/mol. The van der Waals surface area contributed by atoms with E-state index in [-0.39, 0.29) is 5.92 Å². The van der Waals surface area contributed by atoms with Gasteiger partial charge < -0.3 is 10.8 Å². The number of nitrogens with two attached hydrogens (primary N) is 1. The molecule has 2 aliphatic rings. The second-order valence-corrected chi connectivity index (χ2v) is 3.84. The maximum Gasteiger partial charge on any atom is 0.306 e. The van der Waals surface area contributed by atoms with Crippen molar-refractivity contribution in [2.45, 2.75) is 25.3 Å². The molecule has 0 aromatic heterocycles. The molecule has 2 fully saturated rings. The topological polar surface area (TPSA) is 63.3 Å². The molecule has 62 valence electrons. The van der Waals surface area contributed by atoms with Crippen LogP contribution >= 0.6 is 0 Å². The summed E-state index contributed by atoms with van der Waals surface area (Å²) in [6.07, 6.45) is 3.00. The summed E-state index contributed by atoms with van der Waals surface area (Å²) in [6.45, 7) is 0. The van der Waals surface area contributed by atoms with E-state index in [0.29, 0.717) is 17.9 Å². The van der Waals surface area contributed by atoms with Crippen molar-refractivity contribution in [1.29, 1.82) is 0 Å². The Balaban J connectivity index is 1.79. The number of carbonyl (C=O) groups is 1. The molecule has 0 aromatic carbocycles. The molecule has 2 rings (SSSR count). The van der Waals surface area contributed by atoms with Crippen LogP contribution in [-0.4, -0.2) is 17.1 Å². The van der Waals surface area contributed by atoms with E-state index in [1.807, 2.05) is 0 Å². The third-order valence-corrected chi connectivity index (χ3v) is 2.97. The van der Waals surface area contributed by atoms with Gasteiger partial charge in [0.25, 0.3) is 0 Å². The van der Waals surface area contributed by atoms with Gasteiger partial charge in [0.05, 0.1) is 5.92 Å². The van der Waals surface area contributed by atoms with Gasteiger partial charge in [-0.25, -0.2) is 0 Å². The molecule has 0 bridgehead atoms. The Labute approximate surface area is 65.6 Å². The zero-order valence-electron chi connectivity index (χ0n) is 6.36. The highest BCUT2D eigenvalue weighted by molar-refractivity contribution is 5.73. The quantitative estimate of drug-likeness (QED) is 0.608. The van der Waals surface area contributed by atoms with Gasteiger partial charge in [0.2, 0.25) is 0 Å². The maximum atomic E-state index is 10.5. The van der Waals surface area contributed by atoms with Crippen molar-refractivity contribution < 1.29 is 9.90 Å². The summed E-state index contributed by atoms with van der Waals surface area (Å²) < 4.78 is 0. The molecular weight excluding hydrogens is 142 g/mol. The van der Waals surface area contributed by atoms with E-state index < -0.39 is 5.97 Å². The fourth-order valence-electron chi connectivity index (χ4n) is 2.08. The lowest BCUT2D eigenvalue weighted by Gasteiger charge is -2.32. The van der Waals surface area contributed by atoms with Crippen molar-refractivity contribution in [3.8, 4) is 0 Å². The first-order chi connectivity index (χ1) is 5.18. The number of hydrogen-bond acceptors (Lipinski definition) is 2. The molecule has 0 aromatic rings. The van der Waals surface area contributed by atoms with Gasteiger partial charge in [-0.3, -0.25) is 4.79 Å². The van der Waals surface area contributed by atoms with E-state index in [1.165, 1.54) is 0 Å². The fourth-order valence-corrected chi connectivity index (χ4v) is 2.08. The summed E-state index contributed by atoms with van der Waals surface area (Å²) in [5, 5.41) is 8.63. The van der Waals surface area contributed by atoms with Crippen LogP contribution in [0.25, 0.3) is 0 Å². The Hall–Kier alpha value is -0.570. The second-order valence-electron chi connectivity index (χ2n) is 3.84. The van der Waals surface area contributed by atoms with E-state index in [9.17, 15) is 4.79 Å². The molecule has 2 saturated carbocycles. The molecule has 0 radical (unpaired) electrons. The van der Waals surface area contributed by atoms with Gasteiger partial charge in [-0.1, -0.05) is 0 Å². The smallest absolute Gasteiger partial charge is 0.306 e. The van der Waals surface area contributed by atoms with Crippen LogP contribution in [0.15, 0.2) is 0 Å². The van der Waals surface area contributed by atoms with E-state index in [0.717, 1.165) is 19.3 Å². The predicted octanol–water partition coefficient (Wildman–Crippen LogP) is 0.444. The van der Waals surface area contributed by atoms with E-state index in [1.54, 1.807) is 0 Å². The summed E-state index contributed by atoms with van der Waals surface area (Å²) in [7, 11) is 0.